The molecular weight excluding hydrogens is 336 g/mol. The maximum Gasteiger partial charge on any atom is 0.227 e. The summed E-state index contributed by atoms with van der Waals surface area (Å²) in [5.74, 6) is 0.272. The lowest BCUT2D eigenvalue weighted by Crippen LogP contribution is -2.28. The van der Waals surface area contributed by atoms with Gasteiger partial charge in [-0.1, -0.05) is 6.42 Å². The van der Waals surface area contributed by atoms with Gasteiger partial charge in [0.15, 0.2) is 0 Å². The summed E-state index contributed by atoms with van der Waals surface area (Å²) in [7, 11) is 0. The second-order valence-corrected chi connectivity index (χ2v) is 5.69. The van der Waals surface area contributed by atoms with Crippen LogP contribution in [0.4, 0.5) is 11.4 Å². The van der Waals surface area contributed by atoms with Gasteiger partial charge in [-0.2, -0.15) is 0 Å². The number of hydrogen-bond donors (Lipinski definition) is 2. The minimum absolute atomic E-state index is 0.0948. The summed E-state index contributed by atoms with van der Waals surface area (Å²) >= 11 is 6.78. The molecule has 1 aromatic rings. The highest BCUT2D eigenvalue weighted by molar-refractivity contribution is 9.11. The number of amides is 1. The van der Waals surface area contributed by atoms with Crippen LogP contribution in [0.2, 0.25) is 0 Å². The SMILES string of the molecule is Nc1cc(Br)c(NC(=O)C2CCC2)c(Br)c1. The van der Waals surface area contributed by atoms with E-state index in [1.54, 1.807) is 12.1 Å². The first-order valence-electron chi connectivity index (χ1n) is 5.13. The molecule has 1 aromatic carbocycles. The summed E-state index contributed by atoms with van der Waals surface area (Å²) in [6.45, 7) is 0. The van der Waals surface area contributed by atoms with Crippen LogP contribution in [0.25, 0.3) is 0 Å². The third-order valence-corrected chi connectivity index (χ3v) is 4.04. The Morgan fingerprint density at radius 1 is 1.31 bits per heavy atom. The lowest BCUT2D eigenvalue weighted by atomic mass is 9.85. The number of carbonyl (C=O) groups excluding carboxylic acids is 1. The fourth-order valence-electron chi connectivity index (χ4n) is 1.61. The predicted octanol–water partition coefficient (Wildman–Crippen LogP) is 3.53. The van der Waals surface area contributed by atoms with Gasteiger partial charge in [0.05, 0.1) is 5.69 Å². The zero-order valence-corrected chi connectivity index (χ0v) is 11.8. The maximum atomic E-state index is 11.8. The molecule has 0 unspecified atom stereocenters. The smallest absolute Gasteiger partial charge is 0.227 e. The molecule has 16 heavy (non-hydrogen) atoms. The zero-order chi connectivity index (χ0) is 11.7. The van der Waals surface area contributed by atoms with Crippen molar-refractivity contribution in [3.63, 3.8) is 0 Å². The third kappa shape index (κ3) is 2.40. The molecule has 3 N–H and O–H groups in total. The Balaban J connectivity index is 2.17. The molecule has 86 valence electrons. The van der Waals surface area contributed by atoms with Crippen molar-refractivity contribution >= 4 is 49.1 Å². The molecule has 0 bridgehead atoms. The number of nitrogens with one attached hydrogen (secondary N) is 1. The van der Waals surface area contributed by atoms with Crippen molar-refractivity contribution in [2.24, 2.45) is 5.92 Å². The molecule has 0 spiro atoms. The quantitative estimate of drug-likeness (QED) is 0.804. The van der Waals surface area contributed by atoms with Gasteiger partial charge < -0.3 is 11.1 Å². The van der Waals surface area contributed by atoms with Gasteiger partial charge in [-0.25, -0.2) is 0 Å². The van der Waals surface area contributed by atoms with E-state index in [-0.39, 0.29) is 11.8 Å². The van der Waals surface area contributed by atoms with Gasteiger partial charge in [0, 0.05) is 20.6 Å². The van der Waals surface area contributed by atoms with Crippen LogP contribution in [-0.4, -0.2) is 5.91 Å². The molecule has 1 aliphatic carbocycles. The van der Waals surface area contributed by atoms with Crippen LogP contribution in [0.3, 0.4) is 0 Å². The third-order valence-electron chi connectivity index (χ3n) is 2.79. The number of rotatable bonds is 2. The summed E-state index contributed by atoms with van der Waals surface area (Å²) in [4.78, 5) is 11.8. The molecule has 3 nitrogen and oxygen atoms in total. The summed E-state index contributed by atoms with van der Waals surface area (Å²) in [5.41, 5.74) is 7.09. The molecule has 2 rings (SSSR count). The van der Waals surface area contributed by atoms with Crippen molar-refractivity contribution in [1.29, 1.82) is 0 Å². The van der Waals surface area contributed by atoms with E-state index in [1.165, 1.54) is 0 Å². The Bertz CT molecular complexity index is 407. The van der Waals surface area contributed by atoms with E-state index in [2.05, 4.69) is 37.2 Å². The normalized spacial score (nSPS) is 15.6. The molecular formula is C11H12Br2N2O. The van der Waals surface area contributed by atoms with Crippen LogP contribution in [0.15, 0.2) is 21.1 Å². The van der Waals surface area contributed by atoms with E-state index in [0.29, 0.717) is 5.69 Å². The standard InChI is InChI=1S/C11H12Br2N2O/c12-8-4-7(14)5-9(13)10(8)15-11(16)6-2-1-3-6/h4-6H,1-3,14H2,(H,15,16). The lowest BCUT2D eigenvalue weighted by Gasteiger charge is -2.24. The number of hydrogen-bond acceptors (Lipinski definition) is 2. The van der Waals surface area contributed by atoms with Crippen LogP contribution in [0, 0.1) is 5.92 Å². The van der Waals surface area contributed by atoms with Gasteiger partial charge in [0.25, 0.3) is 0 Å². The van der Waals surface area contributed by atoms with Crippen LogP contribution in [-0.2, 0) is 4.79 Å². The van der Waals surface area contributed by atoms with Gasteiger partial charge in [-0.05, 0) is 56.8 Å². The molecule has 1 amide bonds. The minimum Gasteiger partial charge on any atom is -0.399 e. The molecule has 1 fully saturated rings. The molecule has 1 aliphatic rings. The summed E-state index contributed by atoms with van der Waals surface area (Å²) < 4.78 is 1.60. The first-order chi connectivity index (χ1) is 7.58. The van der Waals surface area contributed by atoms with Gasteiger partial charge in [0.2, 0.25) is 5.91 Å². The Labute approximate surface area is 111 Å². The topological polar surface area (TPSA) is 55.1 Å². The van der Waals surface area contributed by atoms with E-state index in [0.717, 1.165) is 33.9 Å². The number of halogens is 2. The van der Waals surface area contributed by atoms with E-state index in [1.807, 2.05) is 0 Å². The van der Waals surface area contributed by atoms with E-state index >= 15 is 0 Å². The van der Waals surface area contributed by atoms with Crippen molar-refractivity contribution in [1.82, 2.24) is 0 Å². The molecule has 0 saturated heterocycles. The highest BCUT2D eigenvalue weighted by Crippen LogP contribution is 2.35. The molecule has 0 heterocycles. The Kier molecular flexibility index (Phi) is 3.54. The van der Waals surface area contributed by atoms with Crippen LogP contribution in [0.5, 0.6) is 0 Å². The fourth-order valence-corrected chi connectivity index (χ4v) is 3.03. The number of nitrogens with two attached hydrogens (primary N) is 1. The maximum absolute atomic E-state index is 11.8. The summed E-state index contributed by atoms with van der Waals surface area (Å²) in [5, 5.41) is 2.92. The number of benzene rings is 1. The fraction of sp³-hybridized carbons (Fsp3) is 0.364. The molecule has 0 aromatic heterocycles. The van der Waals surface area contributed by atoms with Crippen molar-refractivity contribution in [3.05, 3.63) is 21.1 Å². The Morgan fingerprint density at radius 3 is 2.31 bits per heavy atom. The Hall–Kier alpha value is -0.550. The van der Waals surface area contributed by atoms with Crippen LogP contribution in [0.1, 0.15) is 19.3 Å². The molecule has 0 atom stereocenters. The predicted molar refractivity (Wildman–Crippen MR) is 72.2 cm³/mol. The minimum atomic E-state index is 0.0948. The van der Waals surface area contributed by atoms with Gasteiger partial charge in [0.1, 0.15) is 0 Å². The molecule has 1 saturated carbocycles. The van der Waals surface area contributed by atoms with Crippen molar-refractivity contribution in [2.75, 3.05) is 11.1 Å². The monoisotopic (exact) mass is 346 g/mol. The number of anilines is 2. The van der Waals surface area contributed by atoms with Crippen LogP contribution < -0.4 is 11.1 Å². The first-order valence-corrected chi connectivity index (χ1v) is 6.72. The Morgan fingerprint density at radius 2 is 1.88 bits per heavy atom. The molecule has 5 heteroatoms. The van der Waals surface area contributed by atoms with Crippen LogP contribution >= 0.6 is 31.9 Å². The van der Waals surface area contributed by atoms with Gasteiger partial charge in [-0.15, -0.1) is 0 Å². The average Bonchev–Trinajstić information content (AvgIpc) is 2.08. The molecule has 0 aliphatic heterocycles. The number of nitrogen functional groups attached to an aromatic ring is 1. The summed E-state index contributed by atoms with van der Waals surface area (Å²) in [6.07, 6.45) is 3.15. The highest BCUT2D eigenvalue weighted by Gasteiger charge is 2.26. The zero-order valence-electron chi connectivity index (χ0n) is 8.59. The van der Waals surface area contributed by atoms with E-state index in [4.69, 9.17) is 5.73 Å². The second kappa shape index (κ2) is 4.75. The van der Waals surface area contributed by atoms with E-state index < -0.39 is 0 Å². The van der Waals surface area contributed by atoms with Crippen molar-refractivity contribution < 1.29 is 4.79 Å². The largest absolute Gasteiger partial charge is 0.399 e. The number of carbonyl (C=O) groups is 1. The van der Waals surface area contributed by atoms with Gasteiger partial charge >= 0.3 is 0 Å². The van der Waals surface area contributed by atoms with Crippen molar-refractivity contribution in [3.8, 4) is 0 Å². The second-order valence-electron chi connectivity index (χ2n) is 3.98. The first kappa shape index (κ1) is 11.9. The molecule has 0 radical (unpaired) electrons. The summed E-state index contributed by atoms with van der Waals surface area (Å²) in [6, 6.07) is 3.56. The average molecular weight is 348 g/mol. The van der Waals surface area contributed by atoms with Crippen molar-refractivity contribution in [2.45, 2.75) is 19.3 Å². The van der Waals surface area contributed by atoms with Gasteiger partial charge in [-0.3, -0.25) is 4.79 Å². The van der Waals surface area contributed by atoms with E-state index in [9.17, 15) is 4.79 Å². The lowest BCUT2D eigenvalue weighted by molar-refractivity contribution is -0.122. The highest BCUT2D eigenvalue weighted by atomic mass is 79.9.